The number of nitrogens with zero attached hydrogens (tertiary/aromatic N) is 3. The zero-order chi connectivity index (χ0) is 10.7. The van der Waals surface area contributed by atoms with Crippen LogP contribution in [0, 0.1) is 11.3 Å². The van der Waals surface area contributed by atoms with E-state index in [1.807, 2.05) is 0 Å². The largest absolute Gasteiger partial charge is 0.365 e. The molecule has 2 rings (SSSR count). The normalized spacial score (nSPS) is 20.3. The van der Waals surface area contributed by atoms with Crippen molar-refractivity contribution in [1.29, 1.82) is 5.26 Å². The van der Waals surface area contributed by atoms with Crippen LogP contribution >= 0.6 is 0 Å². The second-order valence-corrected chi connectivity index (χ2v) is 3.73. The van der Waals surface area contributed by atoms with Crippen molar-refractivity contribution in [2.45, 2.75) is 18.9 Å². The topological polar surface area (TPSA) is 65.9 Å². The predicted octanol–water partition coefficient (Wildman–Crippen LogP) is 0.881. The molecule has 1 aliphatic rings. The summed E-state index contributed by atoms with van der Waals surface area (Å²) in [4.78, 5) is 6.27. The lowest BCUT2D eigenvalue weighted by Crippen LogP contribution is -2.35. The van der Waals surface area contributed by atoms with Gasteiger partial charge in [0.1, 0.15) is 6.07 Å². The average molecular weight is 202 g/mol. The second kappa shape index (κ2) is 4.28. The van der Waals surface area contributed by atoms with E-state index in [1.54, 1.807) is 18.5 Å². The Morgan fingerprint density at radius 1 is 1.67 bits per heavy atom. The molecule has 0 aromatic carbocycles. The fraction of sp³-hybridized carbons (Fsp3) is 0.455. The smallest absolute Gasteiger partial charge is 0.101 e. The molecule has 1 aromatic rings. The fourth-order valence-electron chi connectivity index (χ4n) is 2.11. The lowest BCUT2D eigenvalue weighted by molar-refractivity contribution is 0.676. The van der Waals surface area contributed by atoms with Crippen molar-refractivity contribution in [3.8, 4) is 6.07 Å². The van der Waals surface area contributed by atoms with E-state index in [1.165, 1.54) is 0 Å². The summed E-state index contributed by atoms with van der Waals surface area (Å²) in [6.45, 7) is 1.61. The van der Waals surface area contributed by atoms with Gasteiger partial charge in [-0.05, 0) is 18.9 Å². The molecule has 4 nitrogen and oxygen atoms in total. The minimum atomic E-state index is 0.362. The van der Waals surface area contributed by atoms with Crippen molar-refractivity contribution >= 4 is 5.69 Å². The predicted molar refractivity (Wildman–Crippen MR) is 58.4 cm³/mol. The highest BCUT2D eigenvalue weighted by Crippen LogP contribution is 2.26. The molecule has 1 aromatic heterocycles. The maximum Gasteiger partial charge on any atom is 0.101 e. The van der Waals surface area contributed by atoms with Gasteiger partial charge in [0.25, 0.3) is 0 Å². The molecule has 1 fully saturated rings. The molecule has 1 aliphatic heterocycles. The van der Waals surface area contributed by atoms with Crippen LogP contribution in [-0.2, 0) is 0 Å². The minimum absolute atomic E-state index is 0.362. The third-order valence-electron chi connectivity index (χ3n) is 2.88. The van der Waals surface area contributed by atoms with Crippen LogP contribution in [0.2, 0.25) is 0 Å². The summed E-state index contributed by atoms with van der Waals surface area (Å²) < 4.78 is 0. The Hall–Kier alpha value is -1.60. The summed E-state index contributed by atoms with van der Waals surface area (Å²) in [5.74, 6) is 0. The van der Waals surface area contributed by atoms with E-state index in [0.717, 1.165) is 25.1 Å². The quantitative estimate of drug-likeness (QED) is 0.773. The lowest BCUT2D eigenvalue weighted by atomic mass is 10.2. The van der Waals surface area contributed by atoms with Crippen molar-refractivity contribution in [1.82, 2.24) is 4.98 Å². The molecule has 0 saturated carbocycles. The van der Waals surface area contributed by atoms with Gasteiger partial charge in [-0.2, -0.15) is 5.26 Å². The average Bonchev–Trinajstić information content (AvgIpc) is 2.76. The highest BCUT2D eigenvalue weighted by molar-refractivity contribution is 5.58. The maximum absolute atomic E-state index is 9.00. The van der Waals surface area contributed by atoms with E-state index >= 15 is 0 Å². The van der Waals surface area contributed by atoms with Crippen LogP contribution in [0.5, 0.6) is 0 Å². The van der Waals surface area contributed by atoms with Gasteiger partial charge < -0.3 is 10.6 Å². The summed E-state index contributed by atoms with van der Waals surface area (Å²) in [5.41, 5.74) is 7.32. The molecule has 1 unspecified atom stereocenters. The summed E-state index contributed by atoms with van der Waals surface area (Å²) in [6, 6.07) is 4.31. The molecule has 0 spiro atoms. The van der Waals surface area contributed by atoms with Crippen LogP contribution in [0.15, 0.2) is 18.5 Å². The van der Waals surface area contributed by atoms with E-state index in [0.29, 0.717) is 18.2 Å². The lowest BCUT2D eigenvalue weighted by Gasteiger charge is -2.25. The van der Waals surface area contributed by atoms with E-state index in [2.05, 4.69) is 16.0 Å². The number of nitrogens with two attached hydrogens (primary N) is 1. The Bertz CT molecular complexity index is 382. The van der Waals surface area contributed by atoms with Crippen molar-refractivity contribution in [2.75, 3.05) is 18.0 Å². The van der Waals surface area contributed by atoms with Crippen molar-refractivity contribution in [2.24, 2.45) is 5.73 Å². The van der Waals surface area contributed by atoms with E-state index in [-0.39, 0.29) is 0 Å². The molecule has 2 N–H and O–H groups in total. The van der Waals surface area contributed by atoms with Crippen molar-refractivity contribution in [3.05, 3.63) is 24.0 Å². The van der Waals surface area contributed by atoms with Crippen LogP contribution in [0.25, 0.3) is 0 Å². The first kappa shape index (κ1) is 9.94. The molecule has 78 valence electrons. The van der Waals surface area contributed by atoms with Crippen LogP contribution in [0.3, 0.4) is 0 Å². The summed E-state index contributed by atoms with van der Waals surface area (Å²) in [6.07, 6.45) is 5.65. The number of rotatable bonds is 2. The number of pyridine rings is 1. The van der Waals surface area contributed by atoms with E-state index in [9.17, 15) is 0 Å². The molecule has 0 amide bonds. The minimum Gasteiger partial charge on any atom is -0.365 e. The highest BCUT2D eigenvalue weighted by atomic mass is 15.2. The maximum atomic E-state index is 9.00. The third-order valence-corrected chi connectivity index (χ3v) is 2.88. The van der Waals surface area contributed by atoms with Crippen molar-refractivity contribution in [3.63, 3.8) is 0 Å². The molecule has 0 bridgehead atoms. The fourth-order valence-corrected chi connectivity index (χ4v) is 2.11. The van der Waals surface area contributed by atoms with Gasteiger partial charge in [-0.15, -0.1) is 0 Å². The zero-order valence-electron chi connectivity index (χ0n) is 8.56. The Morgan fingerprint density at radius 3 is 3.27 bits per heavy atom. The monoisotopic (exact) mass is 202 g/mol. The number of hydrogen-bond acceptors (Lipinski definition) is 4. The Balaban J connectivity index is 2.33. The van der Waals surface area contributed by atoms with E-state index in [4.69, 9.17) is 11.0 Å². The Morgan fingerprint density at radius 2 is 2.53 bits per heavy atom. The molecular formula is C11H14N4. The van der Waals surface area contributed by atoms with Crippen molar-refractivity contribution < 1.29 is 0 Å². The number of nitriles is 1. The van der Waals surface area contributed by atoms with Gasteiger partial charge in [-0.25, -0.2) is 0 Å². The summed E-state index contributed by atoms with van der Waals surface area (Å²) in [7, 11) is 0. The number of anilines is 1. The summed E-state index contributed by atoms with van der Waals surface area (Å²) in [5, 5.41) is 9.00. The van der Waals surface area contributed by atoms with Gasteiger partial charge in [-0.3, -0.25) is 4.98 Å². The number of hydrogen-bond donors (Lipinski definition) is 1. The van der Waals surface area contributed by atoms with E-state index < -0.39 is 0 Å². The van der Waals surface area contributed by atoms with Gasteiger partial charge in [0.2, 0.25) is 0 Å². The first-order chi connectivity index (χ1) is 7.36. The Labute approximate surface area is 89.3 Å². The van der Waals surface area contributed by atoms with Crippen LogP contribution in [0.4, 0.5) is 5.69 Å². The van der Waals surface area contributed by atoms with Gasteiger partial charge in [-0.1, -0.05) is 0 Å². The first-order valence-corrected chi connectivity index (χ1v) is 5.17. The third kappa shape index (κ3) is 1.79. The summed E-state index contributed by atoms with van der Waals surface area (Å²) >= 11 is 0. The van der Waals surface area contributed by atoms with Gasteiger partial charge in [0.15, 0.2) is 0 Å². The van der Waals surface area contributed by atoms with Gasteiger partial charge >= 0.3 is 0 Å². The first-order valence-electron chi connectivity index (χ1n) is 5.17. The van der Waals surface area contributed by atoms with Crippen LogP contribution in [-0.4, -0.2) is 24.1 Å². The van der Waals surface area contributed by atoms with Gasteiger partial charge in [0, 0.05) is 25.3 Å². The van der Waals surface area contributed by atoms with Crippen LogP contribution < -0.4 is 10.6 Å². The molecular weight excluding hydrogens is 188 g/mol. The SMILES string of the molecule is N#Cc1ccncc1N1CCCC1CN. The molecule has 1 saturated heterocycles. The zero-order valence-corrected chi connectivity index (χ0v) is 8.56. The standard InChI is InChI=1S/C11H14N4/c12-6-9-3-4-14-8-11(9)15-5-1-2-10(15)7-13/h3-4,8,10H,1-2,5,7,13H2. The molecule has 4 heteroatoms. The Kier molecular flexibility index (Phi) is 2.84. The molecule has 1 atom stereocenters. The van der Waals surface area contributed by atoms with Gasteiger partial charge in [0.05, 0.1) is 17.4 Å². The van der Waals surface area contributed by atoms with Crippen LogP contribution in [0.1, 0.15) is 18.4 Å². The molecule has 0 radical (unpaired) electrons. The number of aromatic nitrogens is 1. The highest BCUT2D eigenvalue weighted by Gasteiger charge is 2.25. The second-order valence-electron chi connectivity index (χ2n) is 3.73. The molecule has 2 heterocycles. The molecule has 0 aliphatic carbocycles. The molecule has 15 heavy (non-hydrogen) atoms.